The van der Waals surface area contributed by atoms with Crippen LogP contribution in [0.5, 0.6) is 11.5 Å². The summed E-state index contributed by atoms with van der Waals surface area (Å²) in [4.78, 5) is 4.28. The van der Waals surface area contributed by atoms with E-state index in [1.165, 1.54) is 0 Å². The number of methoxy groups -OCH3 is 2. The first-order valence-electron chi connectivity index (χ1n) is 5.97. The summed E-state index contributed by atoms with van der Waals surface area (Å²) in [7, 11) is 3.17. The van der Waals surface area contributed by atoms with Gasteiger partial charge in [-0.05, 0) is 12.1 Å². The predicted octanol–water partition coefficient (Wildman–Crippen LogP) is 1.48. The van der Waals surface area contributed by atoms with E-state index in [1.807, 2.05) is 12.1 Å². The van der Waals surface area contributed by atoms with Crippen molar-refractivity contribution in [3.05, 3.63) is 24.1 Å². The molecule has 1 aromatic heterocycles. The molecule has 0 atom stereocenters. The summed E-state index contributed by atoms with van der Waals surface area (Å²) < 4.78 is 15.5. The average molecular weight is 273 g/mol. The van der Waals surface area contributed by atoms with E-state index in [9.17, 15) is 0 Å². The van der Waals surface area contributed by atoms with Crippen molar-refractivity contribution in [1.29, 1.82) is 0 Å². The van der Waals surface area contributed by atoms with Gasteiger partial charge in [0.25, 0.3) is 0 Å². The molecule has 0 aliphatic carbocycles. The average Bonchev–Trinajstić information content (AvgIpc) is 2.96. The lowest BCUT2D eigenvalue weighted by molar-refractivity contribution is 0.370. The van der Waals surface area contributed by atoms with Crippen molar-refractivity contribution in [1.82, 2.24) is 15.5 Å². The van der Waals surface area contributed by atoms with Gasteiger partial charge in [0, 0.05) is 11.6 Å². The molecular formula is C14H15N3O3. The van der Waals surface area contributed by atoms with Gasteiger partial charge in [-0.1, -0.05) is 11.1 Å². The van der Waals surface area contributed by atoms with E-state index >= 15 is 0 Å². The van der Waals surface area contributed by atoms with Crippen LogP contribution in [0.3, 0.4) is 0 Å². The molecule has 2 rings (SSSR count). The maximum atomic E-state index is 5.20. The van der Waals surface area contributed by atoms with Gasteiger partial charge >= 0.3 is 0 Å². The van der Waals surface area contributed by atoms with Crippen LogP contribution in [-0.2, 0) is 6.54 Å². The quantitative estimate of drug-likeness (QED) is 0.635. The van der Waals surface area contributed by atoms with Gasteiger partial charge in [0.15, 0.2) is 0 Å². The van der Waals surface area contributed by atoms with Crippen molar-refractivity contribution in [2.45, 2.75) is 6.54 Å². The molecule has 104 valence electrons. The number of terminal acetylenes is 1. The largest absolute Gasteiger partial charge is 0.497 e. The second-order valence-corrected chi connectivity index (χ2v) is 3.92. The summed E-state index contributed by atoms with van der Waals surface area (Å²) in [6.45, 7) is 0.878. The number of nitrogens with one attached hydrogen (secondary N) is 1. The zero-order valence-electron chi connectivity index (χ0n) is 11.3. The first-order chi connectivity index (χ1) is 9.76. The molecule has 2 aromatic rings. The lowest BCUT2D eigenvalue weighted by Gasteiger charge is -2.05. The summed E-state index contributed by atoms with van der Waals surface area (Å²) >= 11 is 0. The molecule has 6 heteroatoms. The molecule has 0 saturated heterocycles. The normalized spacial score (nSPS) is 10.1. The molecule has 0 amide bonds. The van der Waals surface area contributed by atoms with Crippen LogP contribution in [0.15, 0.2) is 22.7 Å². The highest BCUT2D eigenvalue weighted by atomic mass is 16.5. The minimum atomic E-state index is 0.429. The Morgan fingerprint density at radius 1 is 1.25 bits per heavy atom. The number of nitrogens with zero attached hydrogens (tertiary/aromatic N) is 2. The molecule has 0 aliphatic heterocycles. The zero-order chi connectivity index (χ0) is 14.4. The first-order valence-corrected chi connectivity index (χ1v) is 5.97. The second kappa shape index (κ2) is 6.59. The Kier molecular flexibility index (Phi) is 4.58. The number of benzene rings is 1. The van der Waals surface area contributed by atoms with E-state index < -0.39 is 0 Å². The molecule has 0 bridgehead atoms. The van der Waals surface area contributed by atoms with Crippen molar-refractivity contribution in [2.75, 3.05) is 20.8 Å². The van der Waals surface area contributed by atoms with E-state index in [0.717, 1.165) is 5.56 Å². The molecule has 0 radical (unpaired) electrons. The number of rotatable bonds is 6. The van der Waals surface area contributed by atoms with Crippen LogP contribution in [0.2, 0.25) is 0 Å². The van der Waals surface area contributed by atoms with Gasteiger partial charge in [0.2, 0.25) is 11.7 Å². The van der Waals surface area contributed by atoms with Crippen LogP contribution in [0, 0.1) is 12.3 Å². The summed E-state index contributed by atoms with van der Waals surface area (Å²) in [5, 5.41) is 6.91. The standard InChI is InChI=1S/C14H15N3O3/c1-4-5-15-9-13-16-14(17-20-13)10-6-11(18-2)8-12(7-10)19-3/h1,6-8,15H,5,9H2,2-3H3. The second-order valence-electron chi connectivity index (χ2n) is 3.92. The molecule has 0 spiro atoms. The van der Waals surface area contributed by atoms with Crippen LogP contribution in [0.25, 0.3) is 11.4 Å². The molecule has 0 fully saturated rings. The van der Waals surface area contributed by atoms with E-state index in [4.69, 9.17) is 20.4 Å². The van der Waals surface area contributed by atoms with Gasteiger partial charge in [0.05, 0.1) is 27.3 Å². The fourth-order valence-corrected chi connectivity index (χ4v) is 1.62. The minimum Gasteiger partial charge on any atom is -0.497 e. The van der Waals surface area contributed by atoms with Gasteiger partial charge in [0.1, 0.15) is 11.5 Å². The molecule has 20 heavy (non-hydrogen) atoms. The fourth-order valence-electron chi connectivity index (χ4n) is 1.62. The van der Waals surface area contributed by atoms with Crippen LogP contribution in [0.4, 0.5) is 0 Å². The van der Waals surface area contributed by atoms with Crippen molar-refractivity contribution < 1.29 is 14.0 Å². The molecule has 0 saturated carbocycles. The van der Waals surface area contributed by atoms with Crippen molar-refractivity contribution in [3.63, 3.8) is 0 Å². The van der Waals surface area contributed by atoms with Gasteiger partial charge < -0.3 is 14.0 Å². The van der Waals surface area contributed by atoms with Crippen LogP contribution < -0.4 is 14.8 Å². The lowest BCUT2D eigenvalue weighted by Crippen LogP contribution is -2.13. The Morgan fingerprint density at radius 2 is 1.95 bits per heavy atom. The number of aromatic nitrogens is 2. The molecule has 1 heterocycles. The van der Waals surface area contributed by atoms with Crippen molar-refractivity contribution >= 4 is 0 Å². The third-order valence-electron chi connectivity index (χ3n) is 2.58. The Labute approximate surface area is 117 Å². The van der Waals surface area contributed by atoms with E-state index in [1.54, 1.807) is 20.3 Å². The summed E-state index contributed by atoms with van der Waals surface area (Å²) in [5.74, 6) is 4.74. The number of ether oxygens (including phenoxy) is 2. The topological polar surface area (TPSA) is 69.4 Å². The highest BCUT2D eigenvalue weighted by molar-refractivity contribution is 5.60. The highest BCUT2D eigenvalue weighted by Gasteiger charge is 2.11. The maximum Gasteiger partial charge on any atom is 0.240 e. The van der Waals surface area contributed by atoms with Gasteiger partial charge in [-0.15, -0.1) is 6.42 Å². The van der Waals surface area contributed by atoms with E-state index in [2.05, 4.69) is 21.4 Å². The molecule has 1 N–H and O–H groups in total. The van der Waals surface area contributed by atoms with Gasteiger partial charge in [-0.25, -0.2) is 0 Å². The van der Waals surface area contributed by atoms with Gasteiger partial charge in [-0.3, -0.25) is 5.32 Å². The Hall–Kier alpha value is -2.52. The SMILES string of the molecule is C#CCNCc1nc(-c2cc(OC)cc(OC)c2)no1. The lowest BCUT2D eigenvalue weighted by atomic mass is 10.2. The zero-order valence-corrected chi connectivity index (χ0v) is 11.3. The Morgan fingerprint density at radius 3 is 2.55 bits per heavy atom. The van der Waals surface area contributed by atoms with E-state index in [0.29, 0.717) is 36.3 Å². The molecular weight excluding hydrogens is 258 g/mol. The molecule has 0 unspecified atom stereocenters. The summed E-state index contributed by atoms with van der Waals surface area (Å²) in [5.41, 5.74) is 0.758. The van der Waals surface area contributed by atoms with Crippen molar-refractivity contribution in [2.24, 2.45) is 0 Å². The number of hydrogen-bond donors (Lipinski definition) is 1. The predicted molar refractivity (Wildman–Crippen MR) is 73.4 cm³/mol. The van der Waals surface area contributed by atoms with Crippen LogP contribution in [0.1, 0.15) is 5.89 Å². The summed E-state index contributed by atoms with van der Waals surface area (Å²) in [6, 6.07) is 5.40. The minimum absolute atomic E-state index is 0.429. The Bertz CT molecular complexity index is 594. The summed E-state index contributed by atoms with van der Waals surface area (Å²) in [6.07, 6.45) is 5.15. The molecule has 1 aromatic carbocycles. The third-order valence-corrected chi connectivity index (χ3v) is 2.58. The first kappa shape index (κ1) is 13.9. The van der Waals surface area contributed by atoms with Gasteiger partial charge in [-0.2, -0.15) is 4.98 Å². The van der Waals surface area contributed by atoms with E-state index in [-0.39, 0.29) is 0 Å². The third kappa shape index (κ3) is 3.28. The van der Waals surface area contributed by atoms with Crippen molar-refractivity contribution in [3.8, 4) is 35.2 Å². The number of hydrogen-bond acceptors (Lipinski definition) is 6. The van der Waals surface area contributed by atoms with Crippen LogP contribution in [-0.4, -0.2) is 30.9 Å². The smallest absolute Gasteiger partial charge is 0.240 e. The highest BCUT2D eigenvalue weighted by Crippen LogP contribution is 2.28. The monoisotopic (exact) mass is 273 g/mol. The Balaban J connectivity index is 2.21. The fraction of sp³-hybridized carbons (Fsp3) is 0.286. The van der Waals surface area contributed by atoms with Crippen LogP contribution >= 0.6 is 0 Å². The maximum absolute atomic E-state index is 5.20. The molecule has 0 aliphatic rings. The molecule has 6 nitrogen and oxygen atoms in total.